The maximum Gasteiger partial charge on any atom is 0.251 e. The summed E-state index contributed by atoms with van der Waals surface area (Å²) in [5.41, 5.74) is 0.888. The molecule has 0 spiro atoms. The Morgan fingerprint density at radius 3 is 2.29 bits per heavy atom. The van der Waals surface area contributed by atoms with Crippen molar-refractivity contribution in [3.63, 3.8) is 0 Å². The number of nitrogens with one attached hydrogen (secondary N) is 1. The fourth-order valence-corrected chi connectivity index (χ4v) is 2.57. The van der Waals surface area contributed by atoms with Crippen molar-refractivity contribution in [2.45, 2.75) is 6.54 Å². The quantitative estimate of drug-likeness (QED) is 0.659. The van der Waals surface area contributed by atoms with Crippen molar-refractivity contribution in [3.8, 4) is 22.9 Å². The molecule has 1 N–H and O–H groups in total. The van der Waals surface area contributed by atoms with Gasteiger partial charge in [-0.25, -0.2) is 4.39 Å². The van der Waals surface area contributed by atoms with Gasteiger partial charge in [-0.2, -0.15) is 4.68 Å². The average molecular weight is 387 g/mol. The summed E-state index contributed by atoms with van der Waals surface area (Å²) in [6.07, 6.45) is 0. The van der Waals surface area contributed by atoms with Gasteiger partial charge in [-0.05, 0) is 46.8 Å². The Morgan fingerprint density at radius 2 is 1.71 bits per heavy atom. The molecule has 1 amide bonds. The molecule has 0 aliphatic rings. The van der Waals surface area contributed by atoms with Crippen molar-refractivity contribution in [2.75, 3.05) is 21.3 Å². The Balaban J connectivity index is 1.78. The molecule has 1 aromatic heterocycles. The molecule has 0 aliphatic carbocycles. The number of ether oxygens (including phenoxy) is 3. The molecule has 28 heavy (non-hydrogen) atoms. The second-order valence-corrected chi connectivity index (χ2v) is 5.58. The number of hydrogen-bond donors (Lipinski definition) is 1. The molecule has 9 nitrogen and oxygen atoms in total. The average Bonchev–Trinajstić information content (AvgIpc) is 3.19. The minimum Gasteiger partial charge on any atom is -0.493 e. The second kappa shape index (κ2) is 8.33. The van der Waals surface area contributed by atoms with E-state index in [1.807, 2.05) is 0 Å². The van der Waals surface area contributed by atoms with E-state index in [0.717, 1.165) is 0 Å². The Hall–Kier alpha value is -3.69. The van der Waals surface area contributed by atoms with Crippen LogP contribution < -0.4 is 19.5 Å². The van der Waals surface area contributed by atoms with Crippen molar-refractivity contribution >= 4 is 5.91 Å². The molecule has 10 heteroatoms. The zero-order valence-electron chi connectivity index (χ0n) is 15.5. The van der Waals surface area contributed by atoms with Crippen LogP contribution in [0.4, 0.5) is 4.39 Å². The zero-order valence-corrected chi connectivity index (χ0v) is 15.5. The standard InChI is InChI=1S/C18H18FN5O4/c1-26-14-8-11(9-15(27-2)17(14)28-3)18(25)20-10-16-21-22-23-24(16)13-6-4-12(19)5-7-13/h4-9H,10H2,1-3H3,(H,20,25). The smallest absolute Gasteiger partial charge is 0.251 e. The number of tetrazole rings is 1. The van der Waals surface area contributed by atoms with Crippen molar-refractivity contribution in [2.24, 2.45) is 0 Å². The third-order valence-corrected chi connectivity index (χ3v) is 3.94. The lowest BCUT2D eigenvalue weighted by atomic mass is 10.1. The number of rotatable bonds is 7. The molecule has 0 aliphatic heterocycles. The lowest BCUT2D eigenvalue weighted by Gasteiger charge is -2.14. The molecular formula is C18H18FN5O4. The number of halogens is 1. The van der Waals surface area contributed by atoms with Crippen molar-refractivity contribution in [1.82, 2.24) is 25.5 Å². The third kappa shape index (κ3) is 3.85. The molecule has 2 aromatic carbocycles. The first-order valence-electron chi connectivity index (χ1n) is 8.18. The van der Waals surface area contributed by atoms with Crippen LogP contribution in [0.5, 0.6) is 17.2 Å². The lowest BCUT2D eigenvalue weighted by molar-refractivity contribution is 0.0948. The summed E-state index contributed by atoms with van der Waals surface area (Å²) in [6.45, 7) is 0.0554. The van der Waals surface area contributed by atoms with E-state index < -0.39 is 0 Å². The van der Waals surface area contributed by atoms with Crippen LogP contribution in [0.1, 0.15) is 16.2 Å². The van der Waals surface area contributed by atoms with E-state index >= 15 is 0 Å². The maximum absolute atomic E-state index is 13.1. The van der Waals surface area contributed by atoms with Crippen LogP contribution in [-0.4, -0.2) is 47.4 Å². The summed E-state index contributed by atoms with van der Waals surface area (Å²) in [4.78, 5) is 12.6. The van der Waals surface area contributed by atoms with Crippen LogP contribution in [-0.2, 0) is 6.54 Å². The number of methoxy groups -OCH3 is 3. The largest absolute Gasteiger partial charge is 0.493 e. The summed E-state index contributed by atoms with van der Waals surface area (Å²) >= 11 is 0. The van der Waals surface area contributed by atoms with Crippen molar-refractivity contribution in [1.29, 1.82) is 0 Å². The van der Waals surface area contributed by atoms with Gasteiger partial charge >= 0.3 is 0 Å². The predicted octanol–water partition coefficient (Wildman–Crippen LogP) is 1.76. The van der Waals surface area contributed by atoms with Crippen LogP contribution in [0.3, 0.4) is 0 Å². The van der Waals surface area contributed by atoms with E-state index in [0.29, 0.717) is 34.3 Å². The summed E-state index contributed by atoms with van der Waals surface area (Å²) < 4.78 is 30.3. The van der Waals surface area contributed by atoms with Gasteiger partial charge in [0, 0.05) is 5.56 Å². The van der Waals surface area contributed by atoms with E-state index in [1.165, 1.54) is 50.3 Å². The molecule has 3 aromatic rings. The molecule has 3 rings (SSSR count). The van der Waals surface area contributed by atoms with Crippen LogP contribution >= 0.6 is 0 Å². The minimum absolute atomic E-state index is 0.0554. The molecule has 0 saturated carbocycles. The van der Waals surface area contributed by atoms with Gasteiger partial charge < -0.3 is 19.5 Å². The highest BCUT2D eigenvalue weighted by Crippen LogP contribution is 2.38. The highest BCUT2D eigenvalue weighted by molar-refractivity contribution is 5.95. The Morgan fingerprint density at radius 1 is 1.07 bits per heavy atom. The van der Waals surface area contributed by atoms with Gasteiger partial charge in [0.1, 0.15) is 5.82 Å². The monoisotopic (exact) mass is 387 g/mol. The summed E-state index contributed by atoms with van der Waals surface area (Å²) in [7, 11) is 4.42. The molecule has 0 unspecified atom stereocenters. The first-order valence-corrected chi connectivity index (χ1v) is 8.18. The summed E-state index contributed by atoms with van der Waals surface area (Å²) in [5, 5.41) is 14.1. The molecule has 0 saturated heterocycles. The van der Waals surface area contributed by atoms with E-state index in [9.17, 15) is 9.18 Å². The highest BCUT2D eigenvalue weighted by atomic mass is 19.1. The van der Waals surface area contributed by atoms with E-state index in [-0.39, 0.29) is 18.3 Å². The van der Waals surface area contributed by atoms with Gasteiger partial charge in [-0.3, -0.25) is 4.79 Å². The van der Waals surface area contributed by atoms with Crippen LogP contribution in [0, 0.1) is 5.82 Å². The fraction of sp³-hybridized carbons (Fsp3) is 0.222. The second-order valence-electron chi connectivity index (χ2n) is 5.58. The molecule has 0 fully saturated rings. The maximum atomic E-state index is 13.1. The van der Waals surface area contributed by atoms with Gasteiger partial charge in [-0.1, -0.05) is 0 Å². The topological polar surface area (TPSA) is 100 Å². The van der Waals surface area contributed by atoms with E-state index in [4.69, 9.17) is 14.2 Å². The Labute approximate surface area is 160 Å². The number of aromatic nitrogens is 4. The first-order chi connectivity index (χ1) is 13.6. The third-order valence-electron chi connectivity index (χ3n) is 3.94. The number of hydrogen-bond acceptors (Lipinski definition) is 7. The first kappa shape index (κ1) is 19.1. The molecule has 0 bridgehead atoms. The summed E-state index contributed by atoms with van der Waals surface area (Å²) in [5.74, 6) is 0.752. The number of amides is 1. The highest BCUT2D eigenvalue weighted by Gasteiger charge is 2.18. The van der Waals surface area contributed by atoms with Gasteiger partial charge in [0.2, 0.25) is 5.75 Å². The van der Waals surface area contributed by atoms with Crippen molar-refractivity contribution < 1.29 is 23.4 Å². The predicted molar refractivity (Wildman–Crippen MR) is 96.4 cm³/mol. The number of carbonyl (C=O) groups excluding carboxylic acids is 1. The lowest BCUT2D eigenvalue weighted by Crippen LogP contribution is -2.25. The molecule has 0 radical (unpaired) electrons. The van der Waals surface area contributed by atoms with Crippen LogP contribution in [0.2, 0.25) is 0 Å². The van der Waals surface area contributed by atoms with E-state index in [1.54, 1.807) is 12.1 Å². The molecule has 146 valence electrons. The van der Waals surface area contributed by atoms with Crippen molar-refractivity contribution in [3.05, 3.63) is 53.6 Å². The van der Waals surface area contributed by atoms with E-state index in [2.05, 4.69) is 20.8 Å². The normalized spacial score (nSPS) is 10.4. The van der Waals surface area contributed by atoms with Crippen LogP contribution in [0.15, 0.2) is 36.4 Å². The number of benzene rings is 2. The van der Waals surface area contributed by atoms with Gasteiger partial charge in [0.05, 0.1) is 33.6 Å². The zero-order chi connectivity index (χ0) is 20.1. The van der Waals surface area contributed by atoms with Gasteiger partial charge in [-0.15, -0.1) is 5.10 Å². The Bertz CT molecular complexity index is 949. The fourth-order valence-electron chi connectivity index (χ4n) is 2.57. The van der Waals surface area contributed by atoms with Crippen LogP contribution in [0.25, 0.3) is 5.69 Å². The van der Waals surface area contributed by atoms with Gasteiger partial charge in [0.25, 0.3) is 5.91 Å². The molecule has 0 atom stereocenters. The number of nitrogens with zero attached hydrogens (tertiary/aromatic N) is 4. The SMILES string of the molecule is COc1cc(C(=O)NCc2nnnn2-c2ccc(F)cc2)cc(OC)c1OC. The molecular weight excluding hydrogens is 369 g/mol. The minimum atomic E-state index is -0.382. The molecule has 1 heterocycles. The number of carbonyl (C=O) groups is 1. The Kier molecular flexibility index (Phi) is 5.68. The summed E-state index contributed by atoms with van der Waals surface area (Å²) in [6, 6.07) is 8.76. The van der Waals surface area contributed by atoms with Gasteiger partial charge in [0.15, 0.2) is 17.3 Å².